The van der Waals surface area contributed by atoms with E-state index in [9.17, 15) is 0 Å². The van der Waals surface area contributed by atoms with Gasteiger partial charge in [-0.3, -0.25) is 0 Å². The molecule has 1 aromatic carbocycles. The lowest BCUT2D eigenvalue weighted by Gasteiger charge is -2.13. The average molecular weight is 239 g/mol. The molecule has 0 aliphatic heterocycles. The molecule has 0 aliphatic rings. The summed E-state index contributed by atoms with van der Waals surface area (Å²) in [4.78, 5) is 0. The highest BCUT2D eigenvalue weighted by Crippen LogP contribution is 2.20. The van der Waals surface area contributed by atoms with Crippen LogP contribution in [0.5, 0.6) is 5.75 Å². The maximum absolute atomic E-state index is 6.11. The van der Waals surface area contributed by atoms with E-state index in [4.69, 9.17) is 10.5 Å². The van der Waals surface area contributed by atoms with Crippen LogP contribution in [-0.2, 0) is 0 Å². The Morgan fingerprint density at radius 1 is 1.19 bits per heavy atom. The monoisotopic (exact) mass is 239 g/mol. The van der Waals surface area contributed by atoms with Gasteiger partial charge in [0.1, 0.15) is 5.75 Å². The third-order valence-electron chi connectivity index (χ3n) is 2.29. The predicted molar refractivity (Wildman–Crippen MR) is 72.1 cm³/mol. The first-order chi connectivity index (χ1) is 7.63. The van der Waals surface area contributed by atoms with Crippen molar-refractivity contribution in [3.63, 3.8) is 0 Å². The summed E-state index contributed by atoms with van der Waals surface area (Å²) < 4.78 is 5.12. The van der Waals surface area contributed by atoms with Crippen LogP contribution in [0.3, 0.4) is 0 Å². The number of methoxy groups -OCH3 is 1. The molecule has 0 saturated heterocycles. The Labute approximate surface area is 103 Å². The van der Waals surface area contributed by atoms with Gasteiger partial charge in [0.15, 0.2) is 0 Å². The normalized spacial score (nSPS) is 12.8. The lowest BCUT2D eigenvalue weighted by atomic mass is 10.1. The zero-order chi connectivity index (χ0) is 12.0. The van der Waals surface area contributed by atoms with E-state index in [0.717, 1.165) is 17.4 Å². The van der Waals surface area contributed by atoms with E-state index in [1.165, 1.54) is 11.3 Å². The van der Waals surface area contributed by atoms with Gasteiger partial charge in [0.2, 0.25) is 0 Å². The van der Waals surface area contributed by atoms with Crippen molar-refractivity contribution >= 4 is 11.8 Å². The van der Waals surface area contributed by atoms with Crippen LogP contribution in [0.4, 0.5) is 0 Å². The van der Waals surface area contributed by atoms with Crippen molar-refractivity contribution in [3.8, 4) is 5.75 Å². The van der Waals surface area contributed by atoms with Crippen molar-refractivity contribution in [1.29, 1.82) is 0 Å². The van der Waals surface area contributed by atoms with Crippen LogP contribution in [-0.4, -0.2) is 18.6 Å². The van der Waals surface area contributed by atoms with Crippen LogP contribution in [0.1, 0.15) is 25.5 Å². The zero-order valence-electron chi connectivity index (χ0n) is 10.3. The number of hydrogen-bond donors (Lipinski definition) is 1. The van der Waals surface area contributed by atoms with E-state index in [1.54, 1.807) is 7.11 Å². The molecule has 2 nitrogen and oxygen atoms in total. The van der Waals surface area contributed by atoms with Crippen molar-refractivity contribution in [1.82, 2.24) is 0 Å². The van der Waals surface area contributed by atoms with Gasteiger partial charge in [0.05, 0.1) is 7.11 Å². The average Bonchev–Trinajstić information content (AvgIpc) is 2.28. The minimum absolute atomic E-state index is 0.120. The lowest BCUT2D eigenvalue weighted by molar-refractivity contribution is 0.414. The molecule has 16 heavy (non-hydrogen) atoms. The number of nitrogens with two attached hydrogens (primary N) is 1. The molecular formula is C13H21NOS. The second kappa shape index (κ2) is 6.81. The summed E-state index contributed by atoms with van der Waals surface area (Å²) >= 11 is 1.92. The van der Waals surface area contributed by atoms with Crippen LogP contribution < -0.4 is 10.5 Å². The fourth-order valence-electron chi connectivity index (χ4n) is 1.38. The molecule has 90 valence electrons. The van der Waals surface area contributed by atoms with Gasteiger partial charge in [-0.1, -0.05) is 26.0 Å². The van der Waals surface area contributed by atoms with Gasteiger partial charge in [-0.15, -0.1) is 0 Å². The van der Waals surface area contributed by atoms with E-state index >= 15 is 0 Å². The standard InChI is InChI=1S/C13H21NOS/c1-10(2)8-16-9-13(14)11-4-6-12(15-3)7-5-11/h4-7,10,13H,8-9,14H2,1-3H3. The summed E-state index contributed by atoms with van der Waals surface area (Å²) in [5, 5.41) is 0. The molecule has 2 N–H and O–H groups in total. The Morgan fingerprint density at radius 2 is 1.81 bits per heavy atom. The second-order valence-corrected chi connectivity index (χ2v) is 5.39. The molecule has 0 aliphatic carbocycles. The Balaban J connectivity index is 2.43. The van der Waals surface area contributed by atoms with E-state index in [1.807, 2.05) is 36.0 Å². The molecule has 1 unspecified atom stereocenters. The smallest absolute Gasteiger partial charge is 0.118 e. The highest BCUT2D eigenvalue weighted by atomic mass is 32.2. The Hall–Kier alpha value is -0.670. The van der Waals surface area contributed by atoms with Gasteiger partial charge in [-0.2, -0.15) is 11.8 Å². The van der Waals surface area contributed by atoms with E-state index in [2.05, 4.69) is 13.8 Å². The van der Waals surface area contributed by atoms with E-state index in [-0.39, 0.29) is 6.04 Å². The Kier molecular flexibility index (Phi) is 5.71. The van der Waals surface area contributed by atoms with Crippen LogP contribution in [0, 0.1) is 5.92 Å². The number of benzene rings is 1. The molecule has 1 aromatic rings. The first kappa shape index (κ1) is 13.4. The number of rotatable bonds is 6. The summed E-state index contributed by atoms with van der Waals surface area (Å²) in [6.07, 6.45) is 0. The zero-order valence-corrected chi connectivity index (χ0v) is 11.1. The van der Waals surface area contributed by atoms with Crippen LogP contribution in [0.25, 0.3) is 0 Å². The van der Waals surface area contributed by atoms with Crippen molar-refractivity contribution in [2.45, 2.75) is 19.9 Å². The van der Waals surface area contributed by atoms with Crippen molar-refractivity contribution in [2.24, 2.45) is 11.7 Å². The quantitative estimate of drug-likeness (QED) is 0.828. The molecule has 1 atom stereocenters. The number of thioether (sulfide) groups is 1. The molecule has 0 fully saturated rings. The Bertz CT molecular complexity index is 297. The van der Waals surface area contributed by atoms with Crippen LogP contribution >= 0.6 is 11.8 Å². The third-order valence-corrected chi connectivity index (χ3v) is 3.79. The highest BCUT2D eigenvalue weighted by Gasteiger charge is 2.06. The van der Waals surface area contributed by atoms with E-state index < -0.39 is 0 Å². The maximum atomic E-state index is 6.11. The van der Waals surface area contributed by atoms with Crippen molar-refractivity contribution in [2.75, 3.05) is 18.6 Å². The predicted octanol–water partition coefficient (Wildman–Crippen LogP) is 3.08. The summed E-state index contributed by atoms with van der Waals surface area (Å²) in [6, 6.07) is 8.12. The molecule has 0 bridgehead atoms. The van der Waals surface area contributed by atoms with Gasteiger partial charge in [0, 0.05) is 11.8 Å². The molecule has 0 saturated carbocycles. The molecule has 3 heteroatoms. The first-order valence-electron chi connectivity index (χ1n) is 5.60. The molecule has 0 amide bonds. The minimum atomic E-state index is 0.120. The van der Waals surface area contributed by atoms with Crippen molar-refractivity contribution in [3.05, 3.63) is 29.8 Å². The fourth-order valence-corrected chi connectivity index (χ4v) is 2.43. The maximum Gasteiger partial charge on any atom is 0.118 e. The Morgan fingerprint density at radius 3 is 2.31 bits per heavy atom. The molecule has 0 radical (unpaired) electrons. The van der Waals surface area contributed by atoms with Gasteiger partial charge >= 0.3 is 0 Å². The topological polar surface area (TPSA) is 35.2 Å². The first-order valence-corrected chi connectivity index (χ1v) is 6.76. The largest absolute Gasteiger partial charge is 0.497 e. The van der Waals surface area contributed by atoms with Gasteiger partial charge < -0.3 is 10.5 Å². The second-order valence-electron chi connectivity index (χ2n) is 4.31. The third kappa shape index (κ3) is 4.45. The lowest BCUT2D eigenvalue weighted by Crippen LogP contribution is -2.13. The molecule has 0 heterocycles. The summed E-state index contributed by atoms with van der Waals surface area (Å²) in [5.74, 6) is 3.76. The summed E-state index contributed by atoms with van der Waals surface area (Å²) in [5.41, 5.74) is 7.29. The summed E-state index contributed by atoms with van der Waals surface area (Å²) in [6.45, 7) is 4.46. The van der Waals surface area contributed by atoms with Crippen LogP contribution in [0.15, 0.2) is 24.3 Å². The minimum Gasteiger partial charge on any atom is -0.497 e. The summed E-state index contributed by atoms with van der Waals surface area (Å²) in [7, 11) is 1.67. The molecule has 0 aromatic heterocycles. The number of ether oxygens (including phenoxy) is 1. The molecule has 1 rings (SSSR count). The van der Waals surface area contributed by atoms with Crippen LogP contribution in [0.2, 0.25) is 0 Å². The van der Waals surface area contributed by atoms with Gasteiger partial charge in [-0.25, -0.2) is 0 Å². The number of hydrogen-bond acceptors (Lipinski definition) is 3. The molecular weight excluding hydrogens is 218 g/mol. The highest BCUT2D eigenvalue weighted by molar-refractivity contribution is 7.99. The van der Waals surface area contributed by atoms with Gasteiger partial charge in [-0.05, 0) is 29.4 Å². The van der Waals surface area contributed by atoms with E-state index in [0.29, 0.717) is 0 Å². The molecule has 0 spiro atoms. The van der Waals surface area contributed by atoms with Crippen molar-refractivity contribution < 1.29 is 4.74 Å². The van der Waals surface area contributed by atoms with Gasteiger partial charge in [0.25, 0.3) is 0 Å². The SMILES string of the molecule is COc1ccc(C(N)CSCC(C)C)cc1. The fraction of sp³-hybridized carbons (Fsp3) is 0.538.